The second kappa shape index (κ2) is 4.06. The lowest BCUT2D eigenvalue weighted by atomic mass is 10.4. The molecule has 0 spiro atoms. The largest absolute Gasteiger partial charge is 0.353 e. The first-order chi connectivity index (χ1) is 5.75. The number of hydrogen-bond acceptors (Lipinski definition) is 4. The minimum Gasteiger partial charge on any atom is -0.353 e. The molecule has 68 valence electrons. The highest BCUT2D eigenvalue weighted by Crippen LogP contribution is 2.08. The summed E-state index contributed by atoms with van der Waals surface area (Å²) in [6.07, 6.45) is 1.54. The molecule has 5 heteroatoms. The fraction of sp³-hybridized carbons (Fsp3) is 0.714. The molecule has 5 nitrogen and oxygen atoms in total. The normalized spacial score (nSPS) is 10.7. The van der Waals surface area contributed by atoms with E-state index in [1.807, 2.05) is 4.68 Å². The standard InChI is InChI=1S/C7H15N5/c1-6(2)12-7(9-4-3-8)10-5-11-12/h5-6H,3-4,8H2,1-2H3,(H,9,10,11). The Bertz CT molecular complexity index is 229. The third kappa shape index (κ3) is 1.94. The van der Waals surface area contributed by atoms with E-state index in [0.717, 1.165) is 12.5 Å². The quantitative estimate of drug-likeness (QED) is 0.677. The molecule has 0 saturated heterocycles. The molecule has 0 amide bonds. The molecule has 1 rings (SSSR count). The van der Waals surface area contributed by atoms with E-state index in [-0.39, 0.29) is 0 Å². The van der Waals surface area contributed by atoms with E-state index in [1.54, 1.807) is 6.33 Å². The van der Waals surface area contributed by atoms with Gasteiger partial charge in [-0.25, -0.2) is 4.68 Å². The van der Waals surface area contributed by atoms with E-state index in [4.69, 9.17) is 5.73 Å². The van der Waals surface area contributed by atoms with E-state index >= 15 is 0 Å². The number of nitrogens with one attached hydrogen (secondary N) is 1. The molecular weight excluding hydrogens is 154 g/mol. The van der Waals surface area contributed by atoms with Crippen molar-refractivity contribution < 1.29 is 0 Å². The highest BCUT2D eigenvalue weighted by molar-refractivity contribution is 5.23. The van der Waals surface area contributed by atoms with Gasteiger partial charge in [0, 0.05) is 13.1 Å². The zero-order chi connectivity index (χ0) is 8.97. The first-order valence-corrected chi connectivity index (χ1v) is 4.09. The van der Waals surface area contributed by atoms with E-state index < -0.39 is 0 Å². The molecule has 0 aromatic carbocycles. The van der Waals surface area contributed by atoms with Gasteiger partial charge in [0.15, 0.2) is 0 Å². The minimum atomic E-state index is 0.327. The fourth-order valence-electron chi connectivity index (χ4n) is 0.938. The summed E-state index contributed by atoms with van der Waals surface area (Å²) in [5.74, 6) is 0.787. The molecule has 1 aromatic rings. The van der Waals surface area contributed by atoms with Gasteiger partial charge >= 0.3 is 0 Å². The predicted molar refractivity (Wildman–Crippen MR) is 48.0 cm³/mol. The molecule has 0 aliphatic carbocycles. The van der Waals surface area contributed by atoms with Crippen LogP contribution in [0.5, 0.6) is 0 Å². The molecule has 0 radical (unpaired) electrons. The van der Waals surface area contributed by atoms with Gasteiger partial charge in [-0.15, -0.1) is 0 Å². The Hall–Kier alpha value is -1.10. The van der Waals surface area contributed by atoms with Crippen molar-refractivity contribution in [2.24, 2.45) is 5.73 Å². The summed E-state index contributed by atoms with van der Waals surface area (Å²) in [6, 6.07) is 0.327. The van der Waals surface area contributed by atoms with Gasteiger partial charge in [-0.05, 0) is 13.8 Å². The number of anilines is 1. The molecule has 0 atom stereocenters. The lowest BCUT2D eigenvalue weighted by molar-refractivity contribution is 0.536. The topological polar surface area (TPSA) is 68.8 Å². The zero-order valence-corrected chi connectivity index (χ0v) is 7.49. The Balaban J connectivity index is 2.64. The van der Waals surface area contributed by atoms with Crippen molar-refractivity contribution in [2.75, 3.05) is 18.4 Å². The van der Waals surface area contributed by atoms with Crippen LogP contribution in [-0.4, -0.2) is 27.9 Å². The summed E-state index contributed by atoms with van der Waals surface area (Å²) >= 11 is 0. The van der Waals surface area contributed by atoms with Gasteiger partial charge in [-0.1, -0.05) is 0 Å². The van der Waals surface area contributed by atoms with Crippen LogP contribution in [0, 0.1) is 0 Å². The summed E-state index contributed by atoms with van der Waals surface area (Å²) < 4.78 is 1.83. The number of nitrogens with zero attached hydrogens (tertiary/aromatic N) is 3. The second-order valence-electron chi connectivity index (χ2n) is 2.84. The van der Waals surface area contributed by atoms with Gasteiger partial charge < -0.3 is 11.1 Å². The maximum Gasteiger partial charge on any atom is 0.221 e. The van der Waals surface area contributed by atoms with Gasteiger partial charge in [0.05, 0.1) is 6.04 Å². The van der Waals surface area contributed by atoms with Crippen LogP contribution in [0.3, 0.4) is 0 Å². The average Bonchev–Trinajstić information content (AvgIpc) is 2.48. The Morgan fingerprint density at radius 2 is 2.42 bits per heavy atom. The summed E-state index contributed by atoms with van der Waals surface area (Å²) in [7, 11) is 0. The second-order valence-corrected chi connectivity index (χ2v) is 2.84. The summed E-state index contributed by atoms with van der Waals surface area (Å²) in [6.45, 7) is 5.45. The highest BCUT2D eigenvalue weighted by Gasteiger charge is 2.05. The van der Waals surface area contributed by atoms with Crippen LogP contribution in [0.2, 0.25) is 0 Å². The molecule has 0 unspecified atom stereocenters. The highest BCUT2D eigenvalue weighted by atomic mass is 15.4. The first-order valence-electron chi connectivity index (χ1n) is 4.09. The third-order valence-corrected chi connectivity index (χ3v) is 1.49. The predicted octanol–water partition coefficient (Wildman–Crippen LogP) is 0.230. The lowest BCUT2D eigenvalue weighted by Gasteiger charge is -2.09. The van der Waals surface area contributed by atoms with Crippen molar-refractivity contribution in [1.29, 1.82) is 0 Å². The van der Waals surface area contributed by atoms with Crippen LogP contribution in [0.4, 0.5) is 5.95 Å². The summed E-state index contributed by atoms with van der Waals surface area (Å²) in [5.41, 5.74) is 5.35. The van der Waals surface area contributed by atoms with Crippen LogP contribution in [0.1, 0.15) is 19.9 Å². The van der Waals surface area contributed by atoms with Crippen molar-refractivity contribution in [2.45, 2.75) is 19.9 Å². The zero-order valence-electron chi connectivity index (χ0n) is 7.49. The number of rotatable bonds is 4. The van der Waals surface area contributed by atoms with Gasteiger partial charge in [0.25, 0.3) is 0 Å². The van der Waals surface area contributed by atoms with Crippen LogP contribution >= 0.6 is 0 Å². The molecule has 1 heterocycles. The molecule has 12 heavy (non-hydrogen) atoms. The monoisotopic (exact) mass is 169 g/mol. The number of nitrogens with two attached hydrogens (primary N) is 1. The van der Waals surface area contributed by atoms with Crippen molar-refractivity contribution in [1.82, 2.24) is 14.8 Å². The lowest BCUT2D eigenvalue weighted by Crippen LogP contribution is -2.17. The minimum absolute atomic E-state index is 0.327. The Kier molecular flexibility index (Phi) is 3.04. The smallest absolute Gasteiger partial charge is 0.221 e. The molecule has 0 bridgehead atoms. The van der Waals surface area contributed by atoms with Crippen LogP contribution in [0.15, 0.2) is 6.33 Å². The molecule has 3 N–H and O–H groups in total. The Labute approximate surface area is 72.0 Å². The number of aromatic nitrogens is 3. The van der Waals surface area contributed by atoms with Gasteiger partial charge in [0.2, 0.25) is 5.95 Å². The summed E-state index contributed by atoms with van der Waals surface area (Å²) in [5, 5.41) is 7.16. The van der Waals surface area contributed by atoms with E-state index in [0.29, 0.717) is 12.6 Å². The summed E-state index contributed by atoms with van der Waals surface area (Å²) in [4.78, 5) is 4.06. The van der Waals surface area contributed by atoms with E-state index in [1.165, 1.54) is 0 Å². The van der Waals surface area contributed by atoms with Gasteiger partial charge in [-0.2, -0.15) is 10.1 Å². The molecule has 1 aromatic heterocycles. The van der Waals surface area contributed by atoms with Gasteiger partial charge in [-0.3, -0.25) is 0 Å². The Morgan fingerprint density at radius 1 is 1.67 bits per heavy atom. The van der Waals surface area contributed by atoms with E-state index in [9.17, 15) is 0 Å². The SMILES string of the molecule is CC(C)n1ncnc1NCCN. The molecule has 0 fully saturated rings. The van der Waals surface area contributed by atoms with Crippen LogP contribution in [0.25, 0.3) is 0 Å². The number of hydrogen-bond donors (Lipinski definition) is 2. The maximum atomic E-state index is 5.35. The van der Waals surface area contributed by atoms with Gasteiger partial charge in [0.1, 0.15) is 6.33 Å². The van der Waals surface area contributed by atoms with Crippen molar-refractivity contribution in [3.63, 3.8) is 0 Å². The Morgan fingerprint density at radius 3 is 3.00 bits per heavy atom. The van der Waals surface area contributed by atoms with Crippen LogP contribution in [-0.2, 0) is 0 Å². The molecule has 0 aliphatic rings. The van der Waals surface area contributed by atoms with Crippen molar-refractivity contribution in [3.05, 3.63) is 6.33 Å². The van der Waals surface area contributed by atoms with Crippen molar-refractivity contribution >= 4 is 5.95 Å². The molecular formula is C7H15N5. The molecule has 0 aliphatic heterocycles. The average molecular weight is 169 g/mol. The fourth-order valence-corrected chi connectivity index (χ4v) is 0.938. The third-order valence-electron chi connectivity index (χ3n) is 1.49. The van der Waals surface area contributed by atoms with E-state index in [2.05, 4.69) is 29.2 Å². The van der Waals surface area contributed by atoms with Crippen molar-refractivity contribution in [3.8, 4) is 0 Å². The van der Waals surface area contributed by atoms with Crippen LogP contribution < -0.4 is 11.1 Å². The first kappa shape index (κ1) is 8.99. The maximum absolute atomic E-state index is 5.35. The molecule has 0 saturated carbocycles.